The van der Waals surface area contributed by atoms with Crippen molar-refractivity contribution in [2.75, 3.05) is 4.90 Å². The van der Waals surface area contributed by atoms with Crippen molar-refractivity contribution in [1.29, 1.82) is 5.26 Å². The summed E-state index contributed by atoms with van der Waals surface area (Å²) in [6.45, 7) is 0.654. The Hall–Kier alpha value is -3.86. The van der Waals surface area contributed by atoms with Gasteiger partial charge in [0.25, 0.3) is 0 Å². The Labute approximate surface area is 217 Å². The molecule has 0 fully saturated rings. The standard InChI is InChI=1S/C28H22ClN5OS/c29-18-8-10-19(11-9-18)34-23-6-3-7-24(35)27(23)26(20(13-30)28(34)31)25-12-17(15-36-25)14-33-16-32-21-4-1-2-5-22(21)33/h1-2,4-5,8-12,15-16,26H,3,6-7,14,31H2/t26-/m0/s1. The fraction of sp³-hybridized carbons (Fsp3) is 0.179. The molecular formula is C28H22ClN5OS. The van der Waals surface area contributed by atoms with Gasteiger partial charge in [0, 0.05) is 39.8 Å². The van der Waals surface area contributed by atoms with Crippen LogP contribution in [-0.4, -0.2) is 15.3 Å². The molecule has 0 amide bonds. The molecule has 4 aromatic rings. The molecule has 6 nitrogen and oxygen atoms in total. The van der Waals surface area contributed by atoms with Crippen molar-refractivity contribution in [3.63, 3.8) is 0 Å². The first-order valence-corrected chi connectivity index (χ1v) is 13.0. The van der Waals surface area contributed by atoms with Crippen LogP contribution in [0.15, 0.2) is 89.0 Å². The molecule has 0 saturated heterocycles. The van der Waals surface area contributed by atoms with Crippen LogP contribution in [0.1, 0.15) is 35.6 Å². The van der Waals surface area contributed by atoms with Gasteiger partial charge in [-0.15, -0.1) is 11.3 Å². The lowest BCUT2D eigenvalue weighted by molar-refractivity contribution is -0.116. The third-order valence-corrected chi connectivity index (χ3v) is 8.14. The second-order valence-electron chi connectivity index (χ2n) is 9.01. The number of ketones is 1. The highest BCUT2D eigenvalue weighted by molar-refractivity contribution is 7.10. The number of nitriles is 1. The molecular weight excluding hydrogens is 490 g/mol. The Morgan fingerprint density at radius 1 is 1.17 bits per heavy atom. The summed E-state index contributed by atoms with van der Waals surface area (Å²) in [5.74, 6) is -0.00975. The zero-order valence-corrected chi connectivity index (χ0v) is 20.9. The average Bonchev–Trinajstić information content (AvgIpc) is 3.52. The quantitative estimate of drug-likeness (QED) is 0.357. The second kappa shape index (κ2) is 8.98. The number of imidazole rings is 1. The van der Waals surface area contributed by atoms with Crippen molar-refractivity contribution in [2.45, 2.75) is 31.7 Å². The molecule has 1 atom stereocenters. The van der Waals surface area contributed by atoms with E-state index in [1.54, 1.807) is 23.5 Å². The van der Waals surface area contributed by atoms with Gasteiger partial charge in [-0.1, -0.05) is 23.7 Å². The fourth-order valence-electron chi connectivity index (χ4n) is 5.22. The maximum Gasteiger partial charge on any atom is 0.161 e. The Morgan fingerprint density at radius 3 is 2.78 bits per heavy atom. The smallest absolute Gasteiger partial charge is 0.161 e. The average molecular weight is 512 g/mol. The minimum Gasteiger partial charge on any atom is -0.384 e. The zero-order valence-electron chi connectivity index (χ0n) is 19.3. The van der Waals surface area contributed by atoms with Crippen LogP contribution < -0.4 is 10.6 Å². The number of nitrogens with two attached hydrogens (primary N) is 1. The van der Waals surface area contributed by atoms with Crippen molar-refractivity contribution < 1.29 is 4.79 Å². The summed E-state index contributed by atoms with van der Waals surface area (Å²) >= 11 is 7.67. The van der Waals surface area contributed by atoms with Crippen LogP contribution in [-0.2, 0) is 11.3 Å². The predicted octanol–water partition coefficient (Wildman–Crippen LogP) is 6.10. The van der Waals surface area contributed by atoms with Crippen molar-refractivity contribution in [2.24, 2.45) is 5.73 Å². The summed E-state index contributed by atoms with van der Waals surface area (Å²) in [7, 11) is 0. The molecule has 178 valence electrons. The molecule has 36 heavy (non-hydrogen) atoms. The van der Waals surface area contributed by atoms with Crippen LogP contribution in [0.25, 0.3) is 11.0 Å². The third-order valence-electron chi connectivity index (χ3n) is 6.84. The first-order chi connectivity index (χ1) is 17.5. The van der Waals surface area contributed by atoms with Gasteiger partial charge >= 0.3 is 0 Å². The van der Waals surface area contributed by atoms with Gasteiger partial charge < -0.3 is 10.3 Å². The Kier molecular flexibility index (Phi) is 5.63. The number of thiophene rings is 1. The number of allylic oxidation sites excluding steroid dienone is 3. The SMILES string of the molecule is N#CC1=C(N)N(c2ccc(Cl)cc2)C2=C(C(=O)CCC2)[C@@H]1c1cc(Cn2cnc3ccccc32)cs1. The number of para-hydroxylation sites is 2. The number of halogens is 1. The molecule has 3 heterocycles. The van der Waals surface area contributed by atoms with Crippen molar-refractivity contribution in [3.05, 3.63) is 104 Å². The van der Waals surface area contributed by atoms with E-state index >= 15 is 0 Å². The van der Waals surface area contributed by atoms with Gasteiger partial charge in [0.05, 0.1) is 34.9 Å². The first-order valence-electron chi connectivity index (χ1n) is 11.7. The molecule has 2 aromatic carbocycles. The number of Topliss-reactive ketones (excluding diaryl/α,β-unsaturated/α-hetero) is 1. The lowest BCUT2D eigenvalue weighted by atomic mass is 9.78. The Balaban J connectivity index is 1.43. The maximum atomic E-state index is 13.3. The predicted molar refractivity (Wildman–Crippen MR) is 143 cm³/mol. The number of carbonyl (C=O) groups excluding carboxylic acids is 1. The van der Waals surface area contributed by atoms with Crippen molar-refractivity contribution in [1.82, 2.24) is 9.55 Å². The van der Waals surface area contributed by atoms with Gasteiger partial charge in [0.15, 0.2) is 5.78 Å². The zero-order chi connectivity index (χ0) is 24.8. The molecule has 0 saturated carbocycles. The van der Waals surface area contributed by atoms with Crippen LogP contribution in [0.2, 0.25) is 5.02 Å². The molecule has 6 rings (SSSR count). The molecule has 0 bridgehead atoms. The fourth-order valence-corrected chi connectivity index (χ4v) is 6.37. The lowest BCUT2D eigenvalue weighted by Crippen LogP contribution is -2.38. The van der Waals surface area contributed by atoms with Crippen LogP contribution in [0.4, 0.5) is 5.69 Å². The molecule has 0 spiro atoms. The van der Waals surface area contributed by atoms with Gasteiger partial charge in [-0.05, 0) is 66.2 Å². The van der Waals surface area contributed by atoms with Gasteiger partial charge in [-0.25, -0.2) is 4.98 Å². The number of hydrogen-bond acceptors (Lipinski definition) is 6. The number of fused-ring (bicyclic) bond motifs is 1. The minimum absolute atomic E-state index is 0.0796. The topological polar surface area (TPSA) is 87.9 Å². The molecule has 2 aliphatic rings. The summed E-state index contributed by atoms with van der Waals surface area (Å²) in [5.41, 5.74) is 12.5. The summed E-state index contributed by atoms with van der Waals surface area (Å²) in [6.07, 6.45) is 3.80. The highest BCUT2D eigenvalue weighted by atomic mass is 35.5. The van der Waals surface area contributed by atoms with Crippen LogP contribution >= 0.6 is 22.9 Å². The summed E-state index contributed by atoms with van der Waals surface area (Å²) in [5, 5.41) is 12.9. The van der Waals surface area contributed by atoms with E-state index in [1.165, 1.54) is 0 Å². The van der Waals surface area contributed by atoms with Crippen LogP contribution in [0.3, 0.4) is 0 Å². The Morgan fingerprint density at radius 2 is 1.97 bits per heavy atom. The number of nitrogens with zero attached hydrogens (tertiary/aromatic N) is 4. The summed E-state index contributed by atoms with van der Waals surface area (Å²) in [4.78, 5) is 20.6. The minimum atomic E-state index is -0.459. The van der Waals surface area contributed by atoms with E-state index in [0.717, 1.165) is 45.7 Å². The second-order valence-corrected chi connectivity index (χ2v) is 10.4. The van der Waals surface area contributed by atoms with E-state index in [2.05, 4.69) is 33.1 Å². The normalized spacial score (nSPS) is 18.1. The molecule has 1 aliphatic heterocycles. The largest absolute Gasteiger partial charge is 0.384 e. The number of benzene rings is 2. The van der Waals surface area contributed by atoms with Gasteiger partial charge in [-0.2, -0.15) is 5.26 Å². The first kappa shape index (κ1) is 22.6. The number of carbonyl (C=O) groups is 1. The van der Waals surface area contributed by atoms with E-state index in [-0.39, 0.29) is 5.78 Å². The van der Waals surface area contributed by atoms with E-state index in [0.29, 0.717) is 35.0 Å². The number of aromatic nitrogens is 2. The van der Waals surface area contributed by atoms with Gasteiger partial charge in [-0.3, -0.25) is 9.69 Å². The molecule has 2 N–H and O–H groups in total. The maximum absolute atomic E-state index is 13.3. The summed E-state index contributed by atoms with van der Waals surface area (Å²) < 4.78 is 2.11. The molecule has 8 heteroatoms. The van der Waals surface area contributed by atoms with E-state index in [9.17, 15) is 10.1 Å². The van der Waals surface area contributed by atoms with Crippen LogP contribution in [0.5, 0.6) is 0 Å². The Bertz CT molecular complexity index is 1600. The van der Waals surface area contributed by atoms with E-state index in [1.807, 2.05) is 41.6 Å². The van der Waals surface area contributed by atoms with E-state index < -0.39 is 5.92 Å². The number of rotatable bonds is 4. The third kappa shape index (κ3) is 3.70. The van der Waals surface area contributed by atoms with Gasteiger partial charge in [0.2, 0.25) is 0 Å². The highest BCUT2D eigenvalue weighted by Crippen LogP contribution is 2.47. The monoisotopic (exact) mass is 511 g/mol. The molecule has 0 unspecified atom stereocenters. The van der Waals surface area contributed by atoms with E-state index in [4.69, 9.17) is 17.3 Å². The lowest BCUT2D eigenvalue weighted by Gasteiger charge is -2.39. The van der Waals surface area contributed by atoms with Crippen molar-refractivity contribution >= 4 is 45.4 Å². The van der Waals surface area contributed by atoms with Gasteiger partial charge in [0.1, 0.15) is 5.82 Å². The van der Waals surface area contributed by atoms with Crippen LogP contribution in [0, 0.1) is 11.3 Å². The number of hydrogen-bond donors (Lipinski definition) is 1. The molecule has 2 aromatic heterocycles. The summed E-state index contributed by atoms with van der Waals surface area (Å²) in [6, 6.07) is 19.8. The number of anilines is 1. The molecule has 0 radical (unpaired) electrons. The highest BCUT2D eigenvalue weighted by Gasteiger charge is 2.40. The van der Waals surface area contributed by atoms with Crippen molar-refractivity contribution in [3.8, 4) is 6.07 Å². The molecule has 1 aliphatic carbocycles.